The molecule has 0 aliphatic heterocycles. The zero-order chi connectivity index (χ0) is 19.5. The van der Waals surface area contributed by atoms with Crippen molar-refractivity contribution in [2.45, 2.75) is 25.9 Å². The Hall–Kier alpha value is -2.58. The highest BCUT2D eigenvalue weighted by atomic mass is 19.4. The number of benzene rings is 1. The molecule has 1 heterocycles. The van der Waals surface area contributed by atoms with E-state index in [1.54, 1.807) is 14.1 Å². The highest BCUT2D eigenvalue weighted by Crippen LogP contribution is 2.27. The van der Waals surface area contributed by atoms with Gasteiger partial charge in [-0.05, 0) is 30.2 Å². The van der Waals surface area contributed by atoms with Crippen molar-refractivity contribution in [3.05, 3.63) is 46.3 Å². The summed E-state index contributed by atoms with van der Waals surface area (Å²) in [5.74, 6) is -0.854. The van der Waals surface area contributed by atoms with Crippen LogP contribution in [0.5, 0.6) is 0 Å². The molecule has 0 radical (unpaired) electrons. The first-order chi connectivity index (χ1) is 12.2. The molecular weight excluding hydrogens is 352 g/mol. The Morgan fingerprint density at radius 3 is 2.27 bits per heavy atom. The predicted molar refractivity (Wildman–Crippen MR) is 92.4 cm³/mol. The summed E-state index contributed by atoms with van der Waals surface area (Å²) >= 11 is 0. The van der Waals surface area contributed by atoms with Crippen molar-refractivity contribution in [3.63, 3.8) is 0 Å². The number of nitrogens with zero attached hydrogens (tertiary/aromatic N) is 2. The average molecular weight is 372 g/mol. The Morgan fingerprint density at radius 2 is 1.77 bits per heavy atom. The van der Waals surface area contributed by atoms with Crippen LogP contribution in [-0.4, -0.2) is 29.8 Å². The maximum absolute atomic E-state index is 13.2. The van der Waals surface area contributed by atoms with Crippen molar-refractivity contribution in [2.24, 2.45) is 5.92 Å². The summed E-state index contributed by atoms with van der Waals surface area (Å²) in [5, 5.41) is 5.51. The van der Waals surface area contributed by atoms with E-state index in [4.69, 9.17) is 0 Å². The van der Waals surface area contributed by atoms with Crippen LogP contribution in [-0.2, 0) is 6.42 Å². The fraction of sp³-hybridized carbons (Fsp3) is 0.412. The van der Waals surface area contributed by atoms with Gasteiger partial charge in [0.15, 0.2) is 5.82 Å². The van der Waals surface area contributed by atoms with Gasteiger partial charge in [-0.1, -0.05) is 6.92 Å². The van der Waals surface area contributed by atoms with E-state index in [1.807, 2.05) is 0 Å². The third-order valence-corrected chi connectivity index (χ3v) is 3.84. The van der Waals surface area contributed by atoms with Gasteiger partial charge in [-0.2, -0.15) is 13.2 Å². The standard InChI is InChI=1S/C17H20F4N4O/c1-10(9-17(19,20)21)8-13-24-15(23-3)14(22-2)16(26)25(13)12-6-4-11(18)5-7-12/h4-7,10,22-23H,8-9H2,1-3H3. The van der Waals surface area contributed by atoms with Gasteiger partial charge in [0.05, 0.1) is 5.69 Å². The molecule has 0 saturated carbocycles. The summed E-state index contributed by atoms with van der Waals surface area (Å²) in [4.78, 5) is 17.2. The number of anilines is 2. The van der Waals surface area contributed by atoms with Crippen molar-refractivity contribution < 1.29 is 17.6 Å². The monoisotopic (exact) mass is 372 g/mol. The molecule has 2 aromatic rings. The third-order valence-electron chi connectivity index (χ3n) is 3.84. The van der Waals surface area contributed by atoms with Gasteiger partial charge >= 0.3 is 6.18 Å². The lowest BCUT2D eigenvalue weighted by Gasteiger charge is -2.19. The van der Waals surface area contributed by atoms with Crippen molar-refractivity contribution in [3.8, 4) is 5.69 Å². The summed E-state index contributed by atoms with van der Waals surface area (Å²) in [6, 6.07) is 5.12. The summed E-state index contributed by atoms with van der Waals surface area (Å²) in [6.45, 7) is 1.44. The molecule has 0 spiro atoms. The minimum atomic E-state index is -4.31. The zero-order valence-corrected chi connectivity index (χ0v) is 14.6. The number of alkyl halides is 3. The summed E-state index contributed by atoms with van der Waals surface area (Å²) in [7, 11) is 3.11. The molecular formula is C17H20F4N4O. The first-order valence-electron chi connectivity index (χ1n) is 8.00. The summed E-state index contributed by atoms with van der Waals surface area (Å²) in [5.41, 5.74) is 0.0222. The number of hydrogen-bond acceptors (Lipinski definition) is 4. The van der Waals surface area contributed by atoms with E-state index >= 15 is 0 Å². The van der Waals surface area contributed by atoms with Crippen LogP contribution in [0, 0.1) is 11.7 Å². The second-order valence-corrected chi connectivity index (χ2v) is 6.00. The molecule has 5 nitrogen and oxygen atoms in total. The maximum Gasteiger partial charge on any atom is 0.389 e. The first-order valence-corrected chi connectivity index (χ1v) is 8.00. The Labute approximate surface area is 148 Å². The molecule has 0 amide bonds. The van der Waals surface area contributed by atoms with Gasteiger partial charge in [-0.3, -0.25) is 9.36 Å². The van der Waals surface area contributed by atoms with Gasteiger partial charge < -0.3 is 10.6 Å². The van der Waals surface area contributed by atoms with E-state index in [-0.39, 0.29) is 23.8 Å². The normalized spacial score (nSPS) is 12.7. The Kier molecular flexibility index (Phi) is 5.89. The Balaban J connectivity index is 2.59. The molecule has 1 atom stereocenters. The van der Waals surface area contributed by atoms with E-state index in [0.29, 0.717) is 5.69 Å². The molecule has 2 rings (SSSR count). The molecule has 0 saturated heterocycles. The molecule has 1 aromatic heterocycles. The molecule has 2 N–H and O–H groups in total. The second-order valence-electron chi connectivity index (χ2n) is 6.00. The number of rotatable bonds is 6. The number of hydrogen-bond donors (Lipinski definition) is 2. The average Bonchev–Trinajstić information content (AvgIpc) is 2.54. The van der Waals surface area contributed by atoms with Crippen LogP contribution in [0.1, 0.15) is 19.2 Å². The molecule has 142 valence electrons. The van der Waals surface area contributed by atoms with Crippen LogP contribution >= 0.6 is 0 Å². The Morgan fingerprint density at radius 1 is 1.15 bits per heavy atom. The maximum atomic E-state index is 13.2. The van der Waals surface area contributed by atoms with Crippen molar-refractivity contribution in [1.29, 1.82) is 0 Å². The lowest BCUT2D eigenvalue weighted by molar-refractivity contribution is -0.143. The van der Waals surface area contributed by atoms with Crippen LogP contribution in [0.15, 0.2) is 29.1 Å². The quantitative estimate of drug-likeness (QED) is 0.761. The summed E-state index contributed by atoms with van der Waals surface area (Å²) in [6.07, 6.45) is -5.36. The van der Waals surface area contributed by atoms with E-state index in [0.717, 1.165) is 0 Å². The minimum absolute atomic E-state index is 0.0647. The van der Waals surface area contributed by atoms with Crippen LogP contribution in [0.2, 0.25) is 0 Å². The fourth-order valence-electron chi connectivity index (χ4n) is 2.74. The van der Waals surface area contributed by atoms with Gasteiger partial charge in [0.1, 0.15) is 17.3 Å². The molecule has 0 aliphatic rings. The molecule has 0 fully saturated rings. The van der Waals surface area contributed by atoms with Crippen LogP contribution in [0.3, 0.4) is 0 Å². The van der Waals surface area contributed by atoms with Crippen molar-refractivity contribution in [1.82, 2.24) is 9.55 Å². The molecule has 0 aliphatic carbocycles. The fourth-order valence-corrected chi connectivity index (χ4v) is 2.74. The van der Waals surface area contributed by atoms with Crippen molar-refractivity contribution >= 4 is 11.5 Å². The third kappa shape index (κ3) is 4.53. The molecule has 9 heteroatoms. The Bertz CT molecular complexity index is 815. The van der Waals surface area contributed by atoms with E-state index in [2.05, 4.69) is 15.6 Å². The smallest absolute Gasteiger partial charge is 0.381 e. The molecule has 1 aromatic carbocycles. The highest BCUT2D eigenvalue weighted by Gasteiger charge is 2.31. The highest BCUT2D eigenvalue weighted by molar-refractivity contribution is 5.63. The van der Waals surface area contributed by atoms with Crippen LogP contribution < -0.4 is 16.2 Å². The molecule has 0 bridgehead atoms. The second kappa shape index (κ2) is 7.76. The van der Waals surface area contributed by atoms with Crippen LogP contribution in [0.4, 0.5) is 29.1 Å². The predicted octanol–water partition coefficient (Wildman–Crippen LogP) is 3.59. The van der Waals surface area contributed by atoms with Gasteiger partial charge in [0.25, 0.3) is 5.56 Å². The number of nitrogens with one attached hydrogen (secondary N) is 2. The van der Waals surface area contributed by atoms with Gasteiger partial charge in [0, 0.05) is 26.9 Å². The van der Waals surface area contributed by atoms with Gasteiger partial charge in [-0.15, -0.1) is 0 Å². The lowest BCUT2D eigenvalue weighted by Crippen LogP contribution is -2.29. The zero-order valence-electron chi connectivity index (χ0n) is 14.6. The summed E-state index contributed by atoms with van der Waals surface area (Å²) < 4.78 is 52.4. The largest absolute Gasteiger partial charge is 0.389 e. The van der Waals surface area contributed by atoms with E-state index in [9.17, 15) is 22.4 Å². The number of aromatic nitrogens is 2. The molecule has 26 heavy (non-hydrogen) atoms. The molecule has 1 unspecified atom stereocenters. The van der Waals surface area contributed by atoms with Crippen LogP contribution in [0.25, 0.3) is 5.69 Å². The van der Waals surface area contributed by atoms with E-state index in [1.165, 1.54) is 35.8 Å². The van der Waals surface area contributed by atoms with Crippen molar-refractivity contribution in [2.75, 3.05) is 24.7 Å². The minimum Gasteiger partial charge on any atom is -0.381 e. The van der Waals surface area contributed by atoms with Gasteiger partial charge in [0.2, 0.25) is 0 Å². The first kappa shape index (κ1) is 19.7. The topological polar surface area (TPSA) is 59.0 Å². The number of halogens is 4. The SMILES string of the molecule is CNc1nc(CC(C)CC(F)(F)F)n(-c2ccc(F)cc2)c(=O)c1NC. The van der Waals surface area contributed by atoms with Gasteiger partial charge in [-0.25, -0.2) is 9.37 Å². The van der Waals surface area contributed by atoms with E-state index < -0.39 is 29.9 Å². The lowest BCUT2D eigenvalue weighted by atomic mass is 10.0.